The molecule has 1 aliphatic heterocycles. The molecule has 0 aliphatic carbocycles. The maximum atomic E-state index is 12.1. The molecular weight excluding hydrogens is 342 g/mol. The molecule has 1 aromatic heterocycles. The molecule has 2 rings (SSSR count). The highest BCUT2D eigenvalue weighted by molar-refractivity contribution is 8.00. The zero-order chi connectivity index (χ0) is 18.2. The maximum absolute atomic E-state index is 12.1. The van der Waals surface area contributed by atoms with Gasteiger partial charge in [-0.1, -0.05) is 6.07 Å². The summed E-state index contributed by atoms with van der Waals surface area (Å²) in [7, 11) is 1.30. The Morgan fingerprint density at radius 2 is 2.24 bits per heavy atom. The molecule has 1 N–H and O–H groups in total. The second-order valence-corrected chi connectivity index (χ2v) is 6.85. The number of nitrogens with one attached hydrogen (secondary N) is 1. The molecule has 1 aromatic rings. The number of rotatable bonds is 8. The molecule has 136 valence electrons. The third kappa shape index (κ3) is 5.45. The third-order valence-electron chi connectivity index (χ3n) is 3.91. The van der Waals surface area contributed by atoms with Gasteiger partial charge in [-0.15, -0.1) is 11.8 Å². The van der Waals surface area contributed by atoms with Crippen molar-refractivity contribution in [3.63, 3.8) is 0 Å². The number of amides is 2. The van der Waals surface area contributed by atoms with Crippen LogP contribution < -0.4 is 5.32 Å². The van der Waals surface area contributed by atoms with Gasteiger partial charge in [0.15, 0.2) is 0 Å². The number of carbonyl (C=O) groups is 3. The Hall–Kier alpha value is -2.09. The number of unbranched alkanes of at least 4 members (excludes halogenated alkanes) is 1. The molecule has 8 heteroatoms. The second kappa shape index (κ2) is 9.41. The molecule has 25 heavy (non-hydrogen) atoms. The summed E-state index contributed by atoms with van der Waals surface area (Å²) < 4.78 is 4.71. The first-order valence-electron chi connectivity index (χ1n) is 8.20. The molecule has 0 spiro atoms. The number of nitrogens with zero attached hydrogens (tertiary/aromatic N) is 2. The van der Waals surface area contributed by atoms with Crippen LogP contribution in [0.1, 0.15) is 37.3 Å². The summed E-state index contributed by atoms with van der Waals surface area (Å²) in [6.07, 6.45) is 3.65. The van der Waals surface area contributed by atoms with Crippen molar-refractivity contribution in [1.82, 2.24) is 15.2 Å². The Kier molecular flexibility index (Phi) is 7.24. The maximum Gasteiger partial charge on any atom is 0.328 e. The van der Waals surface area contributed by atoms with E-state index in [0.29, 0.717) is 25.1 Å². The highest BCUT2D eigenvalue weighted by Gasteiger charge is 2.33. The second-order valence-electron chi connectivity index (χ2n) is 5.78. The molecule has 2 heterocycles. The van der Waals surface area contributed by atoms with Crippen LogP contribution in [0.2, 0.25) is 0 Å². The van der Waals surface area contributed by atoms with Crippen molar-refractivity contribution in [3.8, 4) is 0 Å². The number of methoxy groups -OCH3 is 1. The number of aromatic nitrogens is 1. The van der Waals surface area contributed by atoms with Crippen LogP contribution in [0, 0.1) is 0 Å². The minimum atomic E-state index is -0.641. The van der Waals surface area contributed by atoms with E-state index in [0.717, 1.165) is 12.1 Å². The summed E-state index contributed by atoms with van der Waals surface area (Å²) in [4.78, 5) is 41.2. The lowest BCUT2D eigenvalue weighted by atomic mass is 10.1. The summed E-state index contributed by atoms with van der Waals surface area (Å²) in [6, 6.07) is 5.05. The van der Waals surface area contributed by atoms with E-state index in [4.69, 9.17) is 4.74 Å². The molecule has 0 radical (unpaired) electrons. The minimum absolute atomic E-state index is 0.0551. The number of ether oxygens (including phenoxy) is 1. The summed E-state index contributed by atoms with van der Waals surface area (Å²) in [5.41, 5.74) is 0.879. The van der Waals surface area contributed by atoms with Gasteiger partial charge >= 0.3 is 5.97 Å². The number of thioether (sulfide) groups is 1. The quantitative estimate of drug-likeness (QED) is 0.555. The lowest BCUT2D eigenvalue weighted by Gasteiger charge is -2.23. The van der Waals surface area contributed by atoms with Crippen molar-refractivity contribution in [1.29, 1.82) is 0 Å². The molecule has 1 aliphatic rings. The van der Waals surface area contributed by atoms with E-state index in [1.807, 2.05) is 23.1 Å². The Morgan fingerprint density at radius 3 is 2.88 bits per heavy atom. The molecule has 1 saturated heterocycles. The minimum Gasteiger partial charge on any atom is -0.467 e. The lowest BCUT2D eigenvalue weighted by molar-refractivity contribution is -0.145. The van der Waals surface area contributed by atoms with Gasteiger partial charge in [-0.3, -0.25) is 14.6 Å². The third-order valence-corrected chi connectivity index (χ3v) is 5.14. The Balaban J connectivity index is 1.85. The molecule has 2 atom stereocenters. The largest absolute Gasteiger partial charge is 0.467 e. The predicted octanol–water partition coefficient (Wildman–Crippen LogP) is 1.50. The van der Waals surface area contributed by atoms with Crippen LogP contribution >= 0.6 is 11.8 Å². The monoisotopic (exact) mass is 365 g/mol. The number of pyridine rings is 1. The van der Waals surface area contributed by atoms with Crippen LogP contribution in [0.15, 0.2) is 24.4 Å². The van der Waals surface area contributed by atoms with Crippen LogP contribution in [0.5, 0.6) is 0 Å². The van der Waals surface area contributed by atoms with Crippen LogP contribution in [0.25, 0.3) is 0 Å². The molecule has 1 fully saturated rings. The molecule has 2 amide bonds. The molecular formula is C17H23N3O4S. The van der Waals surface area contributed by atoms with E-state index in [2.05, 4.69) is 10.3 Å². The summed E-state index contributed by atoms with van der Waals surface area (Å²) in [5, 5.41) is 2.54. The van der Waals surface area contributed by atoms with Crippen LogP contribution in [0.4, 0.5) is 0 Å². The normalized spacial score (nSPS) is 18.1. The molecule has 2 unspecified atom stereocenters. The highest BCUT2D eigenvalue weighted by atomic mass is 32.2. The topological polar surface area (TPSA) is 88.6 Å². The molecule has 0 aromatic carbocycles. The van der Waals surface area contributed by atoms with Gasteiger partial charge in [-0.25, -0.2) is 4.79 Å². The molecule has 7 nitrogen and oxygen atoms in total. The van der Waals surface area contributed by atoms with Crippen molar-refractivity contribution >= 4 is 29.5 Å². The van der Waals surface area contributed by atoms with E-state index < -0.39 is 12.0 Å². The van der Waals surface area contributed by atoms with Gasteiger partial charge in [-0.05, 0) is 31.4 Å². The fourth-order valence-electron chi connectivity index (χ4n) is 2.73. The average molecular weight is 365 g/mol. The van der Waals surface area contributed by atoms with Crippen molar-refractivity contribution in [2.24, 2.45) is 0 Å². The SMILES string of the molecule is COC(=O)C(CCCCN1C(=O)CSC1c1ccccn1)NC(C)=O. The molecule has 0 saturated carbocycles. The fourth-order valence-corrected chi connectivity index (χ4v) is 3.91. The summed E-state index contributed by atoms with van der Waals surface area (Å²) >= 11 is 1.58. The first-order chi connectivity index (χ1) is 12.0. The Morgan fingerprint density at radius 1 is 1.44 bits per heavy atom. The Bertz CT molecular complexity index is 611. The van der Waals surface area contributed by atoms with E-state index in [1.165, 1.54) is 14.0 Å². The summed E-state index contributed by atoms with van der Waals surface area (Å²) in [6.45, 7) is 1.97. The van der Waals surface area contributed by atoms with Gasteiger partial charge in [-0.2, -0.15) is 0 Å². The predicted molar refractivity (Wildman–Crippen MR) is 94.6 cm³/mol. The van der Waals surface area contributed by atoms with Gasteiger partial charge in [0, 0.05) is 19.7 Å². The number of esters is 1. The van der Waals surface area contributed by atoms with Gasteiger partial charge in [0.25, 0.3) is 0 Å². The highest BCUT2D eigenvalue weighted by Crippen LogP contribution is 2.37. The fraction of sp³-hybridized carbons (Fsp3) is 0.529. The van der Waals surface area contributed by atoms with E-state index in [-0.39, 0.29) is 17.2 Å². The van der Waals surface area contributed by atoms with E-state index >= 15 is 0 Å². The first-order valence-corrected chi connectivity index (χ1v) is 9.24. The molecule has 0 bridgehead atoms. The standard InChI is InChI=1S/C17H23N3O4S/c1-12(21)19-14(17(23)24-2)8-4-6-10-20-15(22)11-25-16(20)13-7-3-5-9-18-13/h3,5,7,9,14,16H,4,6,8,10-11H2,1-2H3,(H,19,21). The van der Waals surface area contributed by atoms with Crippen LogP contribution in [-0.2, 0) is 19.1 Å². The van der Waals surface area contributed by atoms with E-state index in [1.54, 1.807) is 18.0 Å². The van der Waals surface area contributed by atoms with Crippen molar-refractivity contribution in [3.05, 3.63) is 30.1 Å². The van der Waals surface area contributed by atoms with E-state index in [9.17, 15) is 14.4 Å². The smallest absolute Gasteiger partial charge is 0.328 e. The average Bonchev–Trinajstić information content (AvgIpc) is 2.98. The Labute approximate surface area is 151 Å². The summed E-state index contributed by atoms with van der Waals surface area (Å²) in [5.74, 6) is -0.157. The van der Waals surface area contributed by atoms with Crippen LogP contribution in [0.3, 0.4) is 0 Å². The van der Waals surface area contributed by atoms with Crippen molar-refractivity contribution in [2.45, 2.75) is 37.6 Å². The number of carbonyl (C=O) groups excluding carboxylic acids is 3. The van der Waals surface area contributed by atoms with Crippen molar-refractivity contribution < 1.29 is 19.1 Å². The van der Waals surface area contributed by atoms with Gasteiger partial charge in [0.05, 0.1) is 18.6 Å². The van der Waals surface area contributed by atoms with Crippen molar-refractivity contribution in [2.75, 3.05) is 19.4 Å². The van der Waals surface area contributed by atoms with Gasteiger partial charge in [0.1, 0.15) is 11.4 Å². The van der Waals surface area contributed by atoms with Crippen LogP contribution in [-0.4, -0.2) is 53.1 Å². The van der Waals surface area contributed by atoms with Gasteiger partial charge < -0.3 is 15.0 Å². The number of hydrogen-bond donors (Lipinski definition) is 1. The zero-order valence-electron chi connectivity index (χ0n) is 14.4. The van der Waals surface area contributed by atoms with Gasteiger partial charge in [0.2, 0.25) is 11.8 Å². The lowest BCUT2D eigenvalue weighted by Crippen LogP contribution is -2.40. The zero-order valence-corrected chi connectivity index (χ0v) is 15.3. The number of hydrogen-bond acceptors (Lipinski definition) is 6. The first kappa shape index (κ1) is 19.2.